The smallest absolute Gasteiger partial charge is 0.337 e. The van der Waals surface area contributed by atoms with Crippen LogP contribution >= 0.6 is 12.6 Å². The number of fused-ring (bicyclic) bond motifs is 1. The second kappa shape index (κ2) is 9.54. The number of benzene rings is 3. The molecule has 0 unspecified atom stereocenters. The van der Waals surface area contributed by atoms with Crippen LogP contribution in [0.3, 0.4) is 0 Å². The van der Waals surface area contributed by atoms with Crippen molar-refractivity contribution in [2.45, 2.75) is 22.6 Å². The molecule has 0 radical (unpaired) electrons. The standard InChI is InChI=1S/C24H24N2O5S2/c1-31-24(28)18-8-6-17(7-9-18)23(27)25-14-20-13-21(32)15-26(20)33(29,30)22-11-10-16-4-2-3-5-19(16)12-22/h2-12,20-21,32H,13-15H2,1H3,(H,25,27)/t20-,21+/m0/s1. The normalized spacial score (nSPS) is 18.8. The van der Waals surface area contributed by atoms with Gasteiger partial charge < -0.3 is 10.1 Å². The SMILES string of the molecule is COC(=O)c1ccc(C(=O)NC[C@@H]2C[C@@H](S)CN2S(=O)(=O)c2ccc3ccccc3c2)cc1. The Morgan fingerprint density at radius 2 is 1.70 bits per heavy atom. The van der Waals surface area contributed by atoms with Crippen molar-refractivity contribution in [2.24, 2.45) is 0 Å². The van der Waals surface area contributed by atoms with Crippen molar-refractivity contribution in [1.82, 2.24) is 9.62 Å². The second-order valence-corrected chi connectivity index (χ2v) is 10.5. The summed E-state index contributed by atoms with van der Waals surface area (Å²) in [5.74, 6) is -0.834. The van der Waals surface area contributed by atoms with Crippen LogP contribution in [0.1, 0.15) is 27.1 Å². The zero-order chi connectivity index (χ0) is 23.6. The van der Waals surface area contributed by atoms with Gasteiger partial charge in [-0.1, -0.05) is 30.3 Å². The van der Waals surface area contributed by atoms with Crippen molar-refractivity contribution in [2.75, 3.05) is 20.2 Å². The van der Waals surface area contributed by atoms with Crippen LogP contribution in [0, 0.1) is 0 Å². The molecule has 172 valence electrons. The lowest BCUT2D eigenvalue weighted by molar-refractivity contribution is 0.0600. The topological polar surface area (TPSA) is 92.8 Å². The Labute approximate surface area is 198 Å². The van der Waals surface area contributed by atoms with Crippen molar-refractivity contribution in [3.05, 3.63) is 77.9 Å². The molecule has 0 saturated carbocycles. The van der Waals surface area contributed by atoms with Crippen LogP contribution in [0.15, 0.2) is 71.6 Å². The van der Waals surface area contributed by atoms with Crippen LogP contribution in [0.2, 0.25) is 0 Å². The van der Waals surface area contributed by atoms with Crippen LogP contribution in [-0.2, 0) is 14.8 Å². The monoisotopic (exact) mass is 484 g/mol. The molecule has 1 amide bonds. The average molecular weight is 485 g/mol. The fourth-order valence-corrected chi connectivity index (χ4v) is 6.24. The van der Waals surface area contributed by atoms with Gasteiger partial charge in [-0.3, -0.25) is 4.79 Å². The maximum absolute atomic E-state index is 13.4. The van der Waals surface area contributed by atoms with Gasteiger partial charge in [0.15, 0.2) is 0 Å². The second-order valence-electron chi connectivity index (χ2n) is 7.91. The molecule has 0 aliphatic carbocycles. The molecule has 2 atom stereocenters. The highest BCUT2D eigenvalue weighted by atomic mass is 32.2. The largest absolute Gasteiger partial charge is 0.465 e. The Kier molecular flexibility index (Phi) is 6.73. The summed E-state index contributed by atoms with van der Waals surface area (Å²) in [5, 5.41) is 4.50. The number of sulfonamides is 1. The van der Waals surface area contributed by atoms with Gasteiger partial charge in [-0.2, -0.15) is 16.9 Å². The van der Waals surface area contributed by atoms with Crippen molar-refractivity contribution in [1.29, 1.82) is 0 Å². The number of hydrogen-bond acceptors (Lipinski definition) is 6. The van der Waals surface area contributed by atoms with Gasteiger partial charge in [-0.05, 0) is 53.6 Å². The number of carbonyl (C=O) groups excluding carboxylic acids is 2. The third-order valence-corrected chi connectivity index (χ3v) is 8.02. The minimum Gasteiger partial charge on any atom is -0.465 e. The van der Waals surface area contributed by atoms with E-state index in [1.54, 1.807) is 18.2 Å². The predicted octanol–water partition coefficient (Wildman–Crippen LogP) is 3.12. The summed E-state index contributed by atoms with van der Waals surface area (Å²) in [5.41, 5.74) is 0.711. The van der Waals surface area contributed by atoms with E-state index in [0.717, 1.165) is 10.8 Å². The highest BCUT2D eigenvalue weighted by Crippen LogP contribution is 2.30. The number of methoxy groups -OCH3 is 1. The van der Waals surface area contributed by atoms with E-state index in [-0.39, 0.29) is 29.1 Å². The predicted molar refractivity (Wildman–Crippen MR) is 129 cm³/mol. The third kappa shape index (κ3) is 4.90. The number of nitrogens with one attached hydrogen (secondary N) is 1. The molecule has 1 aliphatic heterocycles. The minimum absolute atomic E-state index is 0.124. The van der Waals surface area contributed by atoms with Crippen LogP contribution in [0.4, 0.5) is 0 Å². The van der Waals surface area contributed by atoms with Crippen molar-refractivity contribution in [3.63, 3.8) is 0 Å². The average Bonchev–Trinajstić information content (AvgIpc) is 3.23. The molecule has 1 fully saturated rings. The molecule has 0 bridgehead atoms. The van der Waals surface area contributed by atoms with E-state index in [1.807, 2.05) is 24.3 Å². The maximum atomic E-state index is 13.4. The quantitative estimate of drug-likeness (QED) is 0.414. The molecular formula is C24H24N2O5S2. The molecule has 9 heteroatoms. The first kappa shape index (κ1) is 23.3. The van der Waals surface area contributed by atoms with E-state index in [0.29, 0.717) is 17.5 Å². The minimum atomic E-state index is -3.76. The Bertz CT molecular complexity index is 1290. The number of carbonyl (C=O) groups is 2. The van der Waals surface area contributed by atoms with Crippen molar-refractivity contribution >= 4 is 45.3 Å². The summed E-state index contributed by atoms with van der Waals surface area (Å²) in [7, 11) is -2.47. The van der Waals surface area contributed by atoms with Crippen LogP contribution < -0.4 is 5.32 Å². The highest BCUT2D eigenvalue weighted by Gasteiger charge is 2.39. The highest BCUT2D eigenvalue weighted by molar-refractivity contribution is 7.89. The molecule has 0 aromatic heterocycles. The molecule has 1 saturated heterocycles. The molecule has 4 rings (SSSR count). The van der Waals surface area contributed by atoms with E-state index in [1.165, 1.54) is 35.7 Å². The van der Waals surface area contributed by atoms with Gasteiger partial charge in [0.1, 0.15) is 0 Å². The van der Waals surface area contributed by atoms with E-state index >= 15 is 0 Å². The number of amides is 1. The number of esters is 1. The maximum Gasteiger partial charge on any atom is 0.337 e. The summed E-state index contributed by atoms with van der Waals surface area (Å²) in [6, 6.07) is 18.3. The lowest BCUT2D eigenvalue weighted by Gasteiger charge is -2.24. The summed E-state index contributed by atoms with van der Waals surface area (Å²) in [6.07, 6.45) is 0.525. The van der Waals surface area contributed by atoms with E-state index in [4.69, 9.17) is 0 Å². The van der Waals surface area contributed by atoms with Crippen LogP contribution in [0.25, 0.3) is 10.8 Å². The molecular weight excluding hydrogens is 460 g/mol. The summed E-state index contributed by atoms with van der Waals surface area (Å²) < 4.78 is 32.9. The fourth-order valence-electron chi connectivity index (χ4n) is 3.99. The van der Waals surface area contributed by atoms with Crippen molar-refractivity contribution in [3.8, 4) is 0 Å². The number of ether oxygens (including phenoxy) is 1. The van der Waals surface area contributed by atoms with E-state index < -0.39 is 22.0 Å². The lowest BCUT2D eigenvalue weighted by atomic mass is 10.1. The van der Waals surface area contributed by atoms with Gasteiger partial charge in [0.25, 0.3) is 5.91 Å². The molecule has 1 aliphatic rings. The molecule has 7 nitrogen and oxygen atoms in total. The summed E-state index contributed by atoms with van der Waals surface area (Å²) >= 11 is 4.51. The fraction of sp³-hybridized carbons (Fsp3) is 0.250. The number of hydrogen-bond donors (Lipinski definition) is 2. The van der Waals surface area contributed by atoms with Gasteiger partial charge in [0.05, 0.1) is 17.6 Å². The summed E-state index contributed by atoms with van der Waals surface area (Å²) in [4.78, 5) is 24.4. The molecule has 33 heavy (non-hydrogen) atoms. The van der Waals surface area contributed by atoms with Crippen molar-refractivity contribution < 1.29 is 22.7 Å². The first-order chi connectivity index (χ1) is 15.8. The first-order valence-electron chi connectivity index (χ1n) is 10.4. The van der Waals surface area contributed by atoms with E-state index in [2.05, 4.69) is 22.7 Å². The van der Waals surface area contributed by atoms with Gasteiger partial charge in [-0.25, -0.2) is 13.2 Å². The Morgan fingerprint density at radius 3 is 2.39 bits per heavy atom. The molecule has 1 heterocycles. The summed E-state index contributed by atoms with van der Waals surface area (Å²) in [6.45, 7) is 0.425. The Morgan fingerprint density at radius 1 is 1.03 bits per heavy atom. The number of rotatable bonds is 6. The molecule has 3 aromatic rings. The molecule has 0 spiro atoms. The van der Waals surface area contributed by atoms with Gasteiger partial charge in [0, 0.05) is 29.9 Å². The first-order valence-corrected chi connectivity index (χ1v) is 12.4. The number of nitrogens with zero attached hydrogens (tertiary/aromatic N) is 1. The third-order valence-electron chi connectivity index (χ3n) is 5.74. The Balaban J connectivity index is 1.49. The zero-order valence-electron chi connectivity index (χ0n) is 18.0. The van der Waals surface area contributed by atoms with Crippen LogP contribution in [0.5, 0.6) is 0 Å². The molecule has 1 N–H and O–H groups in total. The lowest BCUT2D eigenvalue weighted by Crippen LogP contribution is -2.43. The number of thiol groups is 1. The van der Waals surface area contributed by atoms with Crippen LogP contribution in [-0.4, -0.2) is 56.1 Å². The van der Waals surface area contributed by atoms with Gasteiger partial charge >= 0.3 is 5.97 Å². The van der Waals surface area contributed by atoms with Gasteiger partial charge in [0.2, 0.25) is 10.0 Å². The molecule has 3 aromatic carbocycles. The van der Waals surface area contributed by atoms with Gasteiger partial charge in [-0.15, -0.1) is 0 Å². The zero-order valence-corrected chi connectivity index (χ0v) is 19.7. The Hall–Kier alpha value is -2.88. The van der Waals surface area contributed by atoms with E-state index in [9.17, 15) is 18.0 Å².